The molecule has 1 N–H and O–H groups in total. The van der Waals surface area contributed by atoms with Gasteiger partial charge in [0, 0.05) is 18.1 Å². The van der Waals surface area contributed by atoms with Crippen molar-refractivity contribution in [1.82, 2.24) is 10.2 Å². The van der Waals surface area contributed by atoms with Gasteiger partial charge in [-0.15, -0.1) is 0 Å². The second-order valence-corrected chi connectivity index (χ2v) is 8.18. The minimum absolute atomic E-state index is 0.0926. The number of ether oxygens (including phenoxy) is 1. The summed E-state index contributed by atoms with van der Waals surface area (Å²) in [5.41, 5.74) is 1.97. The Balaban J connectivity index is 1.50. The molecule has 1 aliphatic heterocycles. The number of carbonyl (C=O) groups excluding carboxylic acids is 3. The first-order valence-electron chi connectivity index (χ1n) is 9.35. The normalized spacial score (nSPS) is 16.1. The first-order valence-corrected chi connectivity index (χ1v) is 10.5. The van der Waals surface area contributed by atoms with E-state index in [-0.39, 0.29) is 30.1 Å². The molecule has 1 fully saturated rings. The number of hydrogen-bond acceptors (Lipinski definition) is 5. The fraction of sp³-hybridized carbons (Fsp3) is 0.227. The molecule has 1 aliphatic rings. The number of aryl methyl sites for hydroxylation is 1. The van der Waals surface area contributed by atoms with Crippen molar-refractivity contribution in [3.8, 4) is 5.75 Å². The van der Waals surface area contributed by atoms with E-state index in [1.807, 2.05) is 31.2 Å². The van der Waals surface area contributed by atoms with Crippen molar-refractivity contribution >= 4 is 46.5 Å². The average molecular weight is 445 g/mol. The van der Waals surface area contributed by atoms with Crippen LogP contribution in [0.1, 0.15) is 18.1 Å². The molecule has 3 rings (SSSR count). The lowest BCUT2D eigenvalue weighted by Crippen LogP contribution is -2.41. The third-order valence-corrected chi connectivity index (χ3v) is 5.54. The van der Waals surface area contributed by atoms with Gasteiger partial charge in [-0.3, -0.25) is 19.3 Å². The standard InChI is InChI=1S/C22H21ClN2O4S/c1-14-3-5-16(6-4-14)13-19-21(27)25(22(28)30-19)12-11-24-20(26)15(2)29-18-9-7-17(23)8-10-18/h3-10,13,15H,11-12H2,1-2H3,(H,24,26). The second kappa shape index (κ2) is 9.82. The van der Waals surface area contributed by atoms with E-state index >= 15 is 0 Å². The van der Waals surface area contributed by atoms with E-state index in [1.165, 1.54) is 0 Å². The van der Waals surface area contributed by atoms with Crippen LogP contribution in [0, 0.1) is 6.92 Å². The molecule has 1 atom stereocenters. The highest BCUT2D eigenvalue weighted by Gasteiger charge is 2.34. The first kappa shape index (κ1) is 21.9. The number of nitrogens with zero attached hydrogens (tertiary/aromatic N) is 1. The fourth-order valence-electron chi connectivity index (χ4n) is 2.71. The predicted octanol–water partition coefficient (Wildman–Crippen LogP) is 4.27. The van der Waals surface area contributed by atoms with Gasteiger partial charge in [-0.05, 0) is 61.5 Å². The van der Waals surface area contributed by atoms with E-state index in [9.17, 15) is 14.4 Å². The minimum atomic E-state index is -0.734. The van der Waals surface area contributed by atoms with Crippen molar-refractivity contribution in [3.63, 3.8) is 0 Å². The minimum Gasteiger partial charge on any atom is -0.481 e. The molecular formula is C22H21ClN2O4S. The van der Waals surface area contributed by atoms with Crippen LogP contribution in [-0.4, -0.2) is 41.1 Å². The lowest BCUT2D eigenvalue weighted by atomic mass is 10.1. The van der Waals surface area contributed by atoms with Crippen molar-refractivity contribution in [2.75, 3.05) is 13.1 Å². The second-order valence-electron chi connectivity index (χ2n) is 6.75. The summed E-state index contributed by atoms with van der Waals surface area (Å²) in [6.07, 6.45) is 0.966. The van der Waals surface area contributed by atoms with E-state index in [0.717, 1.165) is 27.8 Å². The Bertz CT molecular complexity index is 974. The van der Waals surface area contributed by atoms with Crippen molar-refractivity contribution in [3.05, 3.63) is 69.6 Å². The van der Waals surface area contributed by atoms with Gasteiger partial charge in [-0.2, -0.15) is 0 Å². The van der Waals surface area contributed by atoms with Gasteiger partial charge in [0.25, 0.3) is 17.1 Å². The number of carbonyl (C=O) groups is 3. The molecule has 0 spiro atoms. The van der Waals surface area contributed by atoms with Crippen LogP contribution in [0.5, 0.6) is 5.75 Å². The molecule has 2 aromatic carbocycles. The van der Waals surface area contributed by atoms with Crippen LogP contribution in [0.2, 0.25) is 5.02 Å². The lowest BCUT2D eigenvalue weighted by molar-refractivity contribution is -0.128. The van der Waals surface area contributed by atoms with Gasteiger partial charge in [0.15, 0.2) is 6.10 Å². The predicted molar refractivity (Wildman–Crippen MR) is 118 cm³/mol. The Morgan fingerprint density at radius 1 is 1.17 bits per heavy atom. The van der Waals surface area contributed by atoms with Crippen molar-refractivity contribution in [2.24, 2.45) is 0 Å². The van der Waals surface area contributed by atoms with Gasteiger partial charge in [0.05, 0.1) is 4.91 Å². The SMILES string of the molecule is Cc1ccc(C=C2SC(=O)N(CCNC(=O)C(C)Oc3ccc(Cl)cc3)C2=O)cc1. The summed E-state index contributed by atoms with van der Waals surface area (Å²) < 4.78 is 5.56. The highest BCUT2D eigenvalue weighted by Crippen LogP contribution is 2.31. The number of imide groups is 1. The average Bonchev–Trinajstić information content (AvgIpc) is 2.98. The van der Waals surface area contributed by atoms with Crippen LogP contribution in [0.15, 0.2) is 53.4 Å². The zero-order valence-electron chi connectivity index (χ0n) is 16.6. The number of thioether (sulfide) groups is 1. The third kappa shape index (κ3) is 5.64. The summed E-state index contributed by atoms with van der Waals surface area (Å²) in [4.78, 5) is 38.5. The van der Waals surface area contributed by atoms with Crippen molar-refractivity contribution in [2.45, 2.75) is 20.0 Å². The molecule has 0 aromatic heterocycles. The smallest absolute Gasteiger partial charge is 0.293 e. The highest BCUT2D eigenvalue weighted by atomic mass is 35.5. The van der Waals surface area contributed by atoms with Gasteiger partial charge in [0.2, 0.25) is 0 Å². The van der Waals surface area contributed by atoms with Gasteiger partial charge >= 0.3 is 0 Å². The summed E-state index contributed by atoms with van der Waals surface area (Å²) in [6, 6.07) is 14.4. The summed E-state index contributed by atoms with van der Waals surface area (Å²) in [7, 11) is 0. The number of nitrogens with one attached hydrogen (secondary N) is 1. The van der Waals surface area contributed by atoms with Crippen LogP contribution >= 0.6 is 23.4 Å². The molecule has 8 heteroatoms. The fourth-order valence-corrected chi connectivity index (χ4v) is 3.70. The van der Waals surface area contributed by atoms with Crippen LogP contribution in [0.25, 0.3) is 6.08 Å². The molecule has 1 saturated heterocycles. The van der Waals surface area contributed by atoms with E-state index in [1.54, 1.807) is 37.3 Å². The summed E-state index contributed by atoms with van der Waals surface area (Å²) in [5, 5.41) is 2.92. The van der Waals surface area contributed by atoms with E-state index < -0.39 is 6.10 Å². The van der Waals surface area contributed by atoms with E-state index in [0.29, 0.717) is 15.7 Å². The largest absolute Gasteiger partial charge is 0.481 e. The van der Waals surface area contributed by atoms with Crippen molar-refractivity contribution < 1.29 is 19.1 Å². The summed E-state index contributed by atoms with van der Waals surface area (Å²) >= 11 is 6.73. The lowest BCUT2D eigenvalue weighted by Gasteiger charge is -2.16. The Morgan fingerprint density at radius 2 is 1.83 bits per heavy atom. The molecule has 0 aliphatic carbocycles. The van der Waals surface area contributed by atoms with Crippen LogP contribution in [0.3, 0.4) is 0 Å². The summed E-state index contributed by atoms with van der Waals surface area (Å²) in [6.45, 7) is 3.83. The topological polar surface area (TPSA) is 75.7 Å². The third-order valence-electron chi connectivity index (χ3n) is 4.38. The number of benzene rings is 2. The molecule has 0 saturated carbocycles. The Kier molecular flexibility index (Phi) is 7.18. The number of halogens is 1. The maximum Gasteiger partial charge on any atom is 0.293 e. The van der Waals surface area contributed by atoms with Crippen LogP contribution in [0.4, 0.5) is 4.79 Å². The maximum atomic E-state index is 12.5. The van der Waals surface area contributed by atoms with Gasteiger partial charge in [0.1, 0.15) is 5.75 Å². The molecule has 1 heterocycles. The van der Waals surface area contributed by atoms with Gasteiger partial charge < -0.3 is 10.1 Å². The van der Waals surface area contributed by atoms with Crippen LogP contribution in [-0.2, 0) is 9.59 Å². The number of hydrogen-bond donors (Lipinski definition) is 1. The highest BCUT2D eigenvalue weighted by molar-refractivity contribution is 8.18. The quantitative estimate of drug-likeness (QED) is 0.645. The van der Waals surface area contributed by atoms with Crippen LogP contribution < -0.4 is 10.1 Å². The zero-order chi connectivity index (χ0) is 21.7. The monoisotopic (exact) mass is 444 g/mol. The molecular weight excluding hydrogens is 424 g/mol. The Labute approximate surface area is 184 Å². The van der Waals surface area contributed by atoms with Crippen molar-refractivity contribution in [1.29, 1.82) is 0 Å². The maximum absolute atomic E-state index is 12.5. The first-order chi connectivity index (χ1) is 14.3. The van der Waals surface area contributed by atoms with Gasteiger partial charge in [-0.25, -0.2) is 0 Å². The molecule has 1 unspecified atom stereocenters. The van der Waals surface area contributed by atoms with Gasteiger partial charge in [-0.1, -0.05) is 41.4 Å². The Morgan fingerprint density at radius 3 is 2.50 bits per heavy atom. The van der Waals surface area contributed by atoms with E-state index in [4.69, 9.17) is 16.3 Å². The molecule has 2 aromatic rings. The zero-order valence-corrected chi connectivity index (χ0v) is 18.1. The molecule has 6 nitrogen and oxygen atoms in total. The molecule has 0 bridgehead atoms. The molecule has 156 valence electrons. The number of rotatable bonds is 7. The molecule has 30 heavy (non-hydrogen) atoms. The number of amides is 3. The molecule has 0 radical (unpaired) electrons. The summed E-state index contributed by atoms with van der Waals surface area (Å²) in [5.74, 6) is -0.174. The van der Waals surface area contributed by atoms with E-state index in [2.05, 4.69) is 5.32 Å². The Hall–Kier alpha value is -2.77. The molecule has 3 amide bonds.